The van der Waals surface area contributed by atoms with Gasteiger partial charge < -0.3 is 10.6 Å². The van der Waals surface area contributed by atoms with Gasteiger partial charge in [0.2, 0.25) is 5.95 Å². The van der Waals surface area contributed by atoms with Crippen LogP contribution in [0.25, 0.3) is 10.9 Å². The van der Waals surface area contributed by atoms with Gasteiger partial charge in [0.15, 0.2) is 0 Å². The molecule has 3 aromatic rings. The van der Waals surface area contributed by atoms with Gasteiger partial charge in [0.25, 0.3) is 0 Å². The van der Waals surface area contributed by atoms with Crippen LogP contribution >= 0.6 is 0 Å². The fourth-order valence-corrected chi connectivity index (χ4v) is 2.28. The predicted octanol–water partition coefficient (Wildman–Crippen LogP) is 4.03. The average Bonchev–Trinajstić information content (AvgIpc) is 2.50. The fraction of sp³-hybridized carbons (Fsp3) is 0.176. The molecule has 0 amide bonds. The molecule has 0 aliphatic carbocycles. The smallest absolute Gasteiger partial charge is 0.224 e. The van der Waals surface area contributed by atoms with Gasteiger partial charge in [-0.15, -0.1) is 0 Å². The lowest BCUT2D eigenvalue weighted by Crippen LogP contribution is -2.02. The maximum atomic E-state index is 4.55. The Bertz CT molecular complexity index is 796. The summed E-state index contributed by atoms with van der Waals surface area (Å²) in [5.41, 5.74) is 4.40. The van der Waals surface area contributed by atoms with E-state index in [-0.39, 0.29) is 0 Å². The Kier molecular flexibility index (Phi) is 3.44. The molecule has 0 saturated carbocycles. The molecule has 21 heavy (non-hydrogen) atoms. The minimum atomic E-state index is 0.613. The summed E-state index contributed by atoms with van der Waals surface area (Å²) in [7, 11) is 1.83. The third-order valence-corrected chi connectivity index (χ3v) is 3.47. The molecular formula is C17H18N4. The lowest BCUT2D eigenvalue weighted by Gasteiger charge is -2.13. The summed E-state index contributed by atoms with van der Waals surface area (Å²) < 4.78 is 0. The van der Waals surface area contributed by atoms with Crippen molar-refractivity contribution in [3.05, 3.63) is 53.6 Å². The normalized spacial score (nSPS) is 10.6. The number of benzene rings is 2. The minimum absolute atomic E-state index is 0.613. The molecule has 0 radical (unpaired) electrons. The van der Waals surface area contributed by atoms with Crippen LogP contribution in [-0.4, -0.2) is 17.0 Å². The number of anilines is 3. The van der Waals surface area contributed by atoms with Crippen LogP contribution in [-0.2, 0) is 0 Å². The van der Waals surface area contributed by atoms with E-state index in [1.807, 2.05) is 31.3 Å². The molecule has 0 atom stereocenters. The summed E-state index contributed by atoms with van der Waals surface area (Å²) in [6, 6.07) is 14.4. The van der Waals surface area contributed by atoms with Crippen molar-refractivity contribution in [3.63, 3.8) is 0 Å². The van der Waals surface area contributed by atoms with E-state index < -0.39 is 0 Å². The molecule has 0 spiro atoms. The number of fused-ring (bicyclic) bond motifs is 1. The summed E-state index contributed by atoms with van der Waals surface area (Å²) in [5.74, 6) is 1.43. The Morgan fingerprint density at radius 3 is 2.57 bits per heavy atom. The van der Waals surface area contributed by atoms with Crippen LogP contribution in [0.5, 0.6) is 0 Å². The van der Waals surface area contributed by atoms with Gasteiger partial charge in [-0.05, 0) is 43.2 Å². The second-order valence-electron chi connectivity index (χ2n) is 5.11. The largest absolute Gasteiger partial charge is 0.357 e. The summed E-state index contributed by atoms with van der Waals surface area (Å²) in [4.78, 5) is 9.03. The van der Waals surface area contributed by atoms with Gasteiger partial charge in [-0.3, -0.25) is 0 Å². The lowest BCUT2D eigenvalue weighted by molar-refractivity contribution is 1.19. The zero-order valence-electron chi connectivity index (χ0n) is 12.4. The first-order valence-electron chi connectivity index (χ1n) is 6.96. The van der Waals surface area contributed by atoms with Crippen LogP contribution in [0.3, 0.4) is 0 Å². The number of hydrogen-bond donors (Lipinski definition) is 2. The van der Waals surface area contributed by atoms with Gasteiger partial charge in [-0.2, -0.15) is 4.98 Å². The molecule has 0 saturated heterocycles. The topological polar surface area (TPSA) is 49.8 Å². The van der Waals surface area contributed by atoms with Crippen LogP contribution in [0.15, 0.2) is 42.5 Å². The maximum Gasteiger partial charge on any atom is 0.224 e. The average molecular weight is 278 g/mol. The van der Waals surface area contributed by atoms with E-state index in [9.17, 15) is 0 Å². The standard InChI is InChI=1S/C17H18N4/c1-11-8-9-12(2)15(10-11)19-16-13-6-4-5-7-14(13)20-17(18-3)21-16/h4-10H,1-3H3,(H2,18,19,20,21). The summed E-state index contributed by atoms with van der Waals surface area (Å²) in [6.45, 7) is 4.17. The quantitative estimate of drug-likeness (QED) is 0.759. The van der Waals surface area contributed by atoms with Crippen molar-refractivity contribution in [2.75, 3.05) is 17.7 Å². The molecule has 0 aliphatic rings. The number of aromatic nitrogens is 2. The first-order valence-corrected chi connectivity index (χ1v) is 6.96. The highest BCUT2D eigenvalue weighted by atomic mass is 15.1. The number of aryl methyl sites for hydroxylation is 2. The van der Waals surface area contributed by atoms with E-state index in [1.165, 1.54) is 11.1 Å². The second-order valence-corrected chi connectivity index (χ2v) is 5.11. The van der Waals surface area contributed by atoms with E-state index >= 15 is 0 Å². The van der Waals surface area contributed by atoms with Gasteiger partial charge in [0, 0.05) is 18.1 Å². The highest BCUT2D eigenvalue weighted by molar-refractivity contribution is 5.91. The van der Waals surface area contributed by atoms with Crippen molar-refractivity contribution < 1.29 is 0 Å². The van der Waals surface area contributed by atoms with E-state index in [2.05, 4.69) is 52.6 Å². The Balaban J connectivity index is 2.13. The van der Waals surface area contributed by atoms with Gasteiger partial charge in [0.05, 0.1) is 5.52 Å². The molecule has 2 aromatic carbocycles. The summed E-state index contributed by atoms with van der Waals surface area (Å²) >= 11 is 0. The van der Waals surface area contributed by atoms with Crippen LogP contribution in [0.1, 0.15) is 11.1 Å². The van der Waals surface area contributed by atoms with Gasteiger partial charge >= 0.3 is 0 Å². The summed E-state index contributed by atoms with van der Waals surface area (Å²) in [6.07, 6.45) is 0. The predicted molar refractivity (Wildman–Crippen MR) is 88.3 cm³/mol. The monoisotopic (exact) mass is 278 g/mol. The molecule has 0 bridgehead atoms. The number of para-hydroxylation sites is 1. The van der Waals surface area contributed by atoms with Crippen molar-refractivity contribution in [3.8, 4) is 0 Å². The number of nitrogens with one attached hydrogen (secondary N) is 2. The molecule has 0 unspecified atom stereocenters. The van der Waals surface area contributed by atoms with Gasteiger partial charge in [-0.1, -0.05) is 24.3 Å². The zero-order valence-corrected chi connectivity index (χ0v) is 12.4. The first-order chi connectivity index (χ1) is 10.2. The Morgan fingerprint density at radius 2 is 1.76 bits per heavy atom. The first kappa shape index (κ1) is 13.4. The van der Waals surface area contributed by atoms with Crippen molar-refractivity contribution in [2.45, 2.75) is 13.8 Å². The third kappa shape index (κ3) is 2.65. The van der Waals surface area contributed by atoms with Crippen molar-refractivity contribution in [1.82, 2.24) is 9.97 Å². The SMILES string of the molecule is CNc1nc(Nc2cc(C)ccc2C)c2ccccc2n1. The Labute approximate surface area is 124 Å². The highest BCUT2D eigenvalue weighted by Gasteiger charge is 2.08. The van der Waals surface area contributed by atoms with E-state index in [4.69, 9.17) is 0 Å². The molecule has 4 nitrogen and oxygen atoms in total. The molecule has 2 N–H and O–H groups in total. The van der Waals surface area contributed by atoms with Crippen LogP contribution in [0.4, 0.5) is 17.5 Å². The highest BCUT2D eigenvalue weighted by Crippen LogP contribution is 2.27. The van der Waals surface area contributed by atoms with Gasteiger partial charge in [0.1, 0.15) is 5.82 Å². The van der Waals surface area contributed by atoms with Crippen LogP contribution in [0.2, 0.25) is 0 Å². The maximum absolute atomic E-state index is 4.55. The number of rotatable bonds is 3. The second kappa shape index (κ2) is 5.40. The lowest BCUT2D eigenvalue weighted by atomic mass is 10.1. The Hall–Kier alpha value is -2.62. The Morgan fingerprint density at radius 1 is 0.952 bits per heavy atom. The minimum Gasteiger partial charge on any atom is -0.357 e. The summed E-state index contributed by atoms with van der Waals surface area (Å²) in [5, 5.41) is 7.46. The van der Waals surface area contributed by atoms with Crippen LogP contribution in [0, 0.1) is 13.8 Å². The van der Waals surface area contributed by atoms with Crippen LogP contribution < -0.4 is 10.6 Å². The fourth-order valence-electron chi connectivity index (χ4n) is 2.28. The molecule has 1 heterocycles. The van der Waals surface area contributed by atoms with Crippen molar-refractivity contribution in [1.29, 1.82) is 0 Å². The molecule has 106 valence electrons. The molecule has 1 aromatic heterocycles. The van der Waals surface area contributed by atoms with E-state index in [0.717, 1.165) is 22.4 Å². The van der Waals surface area contributed by atoms with Crippen molar-refractivity contribution >= 4 is 28.4 Å². The molecule has 0 fully saturated rings. The van der Waals surface area contributed by atoms with E-state index in [1.54, 1.807) is 0 Å². The van der Waals surface area contributed by atoms with Gasteiger partial charge in [-0.25, -0.2) is 4.98 Å². The number of nitrogens with zero attached hydrogens (tertiary/aromatic N) is 2. The van der Waals surface area contributed by atoms with E-state index in [0.29, 0.717) is 5.95 Å². The zero-order chi connectivity index (χ0) is 14.8. The van der Waals surface area contributed by atoms with Crippen molar-refractivity contribution in [2.24, 2.45) is 0 Å². The molecule has 4 heteroatoms. The molecule has 0 aliphatic heterocycles. The molecular weight excluding hydrogens is 260 g/mol. The number of hydrogen-bond acceptors (Lipinski definition) is 4. The molecule has 3 rings (SSSR count). The third-order valence-electron chi connectivity index (χ3n) is 3.47.